The van der Waals surface area contributed by atoms with Crippen LogP contribution in [0.1, 0.15) is 11.7 Å². The van der Waals surface area contributed by atoms with Crippen molar-refractivity contribution in [2.24, 2.45) is 0 Å². The lowest BCUT2D eigenvalue weighted by atomic mass is 10.2. The molecule has 1 saturated heterocycles. The first-order chi connectivity index (χ1) is 9.24. The van der Waals surface area contributed by atoms with Gasteiger partial charge in [0.1, 0.15) is 6.61 Å². The number of hydrogen-bond acceptors (Lipinski definition) is 6. The van der Waals surface area contributed by atoms with E-state index in [0.717, 1.165) is 18.1 Å². The molecule has 1 aliphatic rings. The molecule has 0 spiro atoms. The number of nitrogens with zero attached hydrogens (tertiary/aromatic N) is 2. The number of thioether (sulfide) groups is 1. The quantitative estimate of drug-likeness (QED) is 0.761. The number of alkyl halides is 2. The third kappa shape index (κ3) is 5.42. The highest BCUT2D eigenvalue weighted by Gasteiger charge is 2.17. The van der Waals surface area contributed by atoms with E-state index in [1.54, 1.807) is 0 Å². The molecule has 1 atom stereocenters. The maximum atomic E-state index is 11.8. The second-order valence-electron chi connectivity index (χ2n) is 4.25. The lowest BCUT2D eigenvalue weighted by molar-refractivity contribution is 0.0182. The topological polar surface area (TPSA) is 60.2 Å². The molecular formula is C11H17F2N3O2S. The first kappa shape index (κ1) is 14.7. The lowest BCUT2D eigenvalue weighted by Gasteiger charge is -2.21. The van der Waals surface area contributed by atoms with Crippen LogP contribution >= 0.6 is 11.8 Å². The molecule has 0 bridgehead atoms. The highest BCUT2D eigenvalue weighted by atomic mass is 32.2. The van der Waals surface area contributed by atoms with Crippen LogP contribution in [0.15, 0.2) is 4.52 Å². The summed E-state index contributed by atoms with van der Waals surface area (Å²) in [5.74, 6) is 3.26. The van der Waals surface area contributed by atoms with Crippen molar-refractivity contribution in [3.8, 4) is 0 Å². The van der Waals surface area contributed by atoms with Gasteiger partial charge in [-0.2, -0.15) is 16.7 Å². The summed E-state index contributed by atoms with van der Waals surface area (Å²) in [5.41, 5.74) is 0. The smallest absolute Gasteiger partial charge is 0.261 e. The molecule has 5 nitrogen and oxygen atoms in total. The van der Waals surface area contributed by atoms with Crippen LogP contribution in [0, 0.1) is 0 Å². The molecule has 0 aliphatic carbocycles. The van der Waals surface area contributed by atoms with Crippen LogP contribution in [0.2, 0.25) is 0 Å². The van der Waals surface area contributed by atoms with E-state index in [1.165, 1.54) is 0 Å². The zero-order chi connectivity index (χ0) is 13.5. The van der Waals surface area contributed by atoms with E-state index in [9.17, 15) is 8.78 Å². The molecule has 1 N–H and O–H groups in total. The Labute approximate surface area is 114 Å². The van der Waals surface area contributed by atoms with Gasteiger partial charge in [0.2, 0.25) is 5.89 Å². The summed E-state index contributed by atoms with van der Waals surface area (Å²) in [6, 6.07) is 0.363. The Bertz CT molecular complexity index is 373. The highest BCUT2D eigenvalue weighted by Crippen LogP contribution is 2.11. The van der Waals surface area contributed by atoms with Crippen molar-refractivity contribution in [1.82, 2.24) is 15.5 Å². The monoisotopic (exact) mass is 293 g/mol. The zero-order valence-corrected chi connectivity index (χ0v) is 11.3. The minimum absolute atomic E-state index is 0.181. The molecule has 2 heterocycles. The third-order valence-corrected chi connectivity index (χ3v) is 3.77. The van der Waals surface area contributed by atoms with Crippen LogP contribution in [0.4, 0.5) is 8.78 Å². The van der Waals surface area contributed by atoms with Gasteiger partial charge in [0.15, 0.2) is 5.82 Å². The van der Waals surface area contributed by atoms with Crippen molar-refractivity contribution in [2.45, 2.75) is 25.3 Å². The predicted octanol–water partition coefficient (Wildman–Crippen LogP) is 1.14. The maximum Gasteiger partial charge on any atom is 0.261 e. The molecule has 1 unspecified atom stereocenters. The van der Waals surface area contributed by atoms with Crippen LogP contribution in [0.3, 0.4) is 0 Å². The Kier molecular flexibility index (Phi) is 5.99. The minimum Gasteiger partial charge on any atom is -0.375 e. The first-order valence-corrected chi connectivity index (χ1v) is 7.38. The van der Waals surface area contributed by atoms with E-state index >= 15 is 0 Å². The molecule has 0 amide bonds. The standard InChI is InChI=1S/C11H17F2N3O2S/c12-9(13)6-17-3-1-10-15-11(18-16-10)5-8-7-19-4-2-14-8/h8-9,14H,1-7H2. The van der Waals surface area contributed by atoms with Crippen LogP contribution in [0.5, 0.6) is 0 Å². The zero-order valence-electron chi connectivity index (χ0n) is 10.5. The Morgan fingerprint density at radius 2 is 2.42 bits per heavy atom. The maximum absolute atomic E-state index is 11.8. The number of aromatic nitrogens is 2. The molecule has 108 valence electrons. The van der Waals surface area contributed by atoms with Crippen LogP contribution in [0.25, 0.3) is 0 Å². The van der Waals surface area contributed by atoms with Crippen molar-refractivity contribution >= 4 is 11.8 Å². The van der Waals surface area contributed by atoms with Crippen molar-refractivity contribution < 1.29 is 18.0 Å². The van der Waals surface area contributed by atoms with E-state index in [4.69, 9.17) is 9.26 Å². The fourth-order valence-corrected chi connectivity index (χ4v) is 2.72. The summed E-state index contributed by atoms with van der Waals surface area (Å²) in [5, 5.41) is 7.20. The van der Waals surface area contributed by atoms with E-state index in [-0.39, 0.29) is 6.61 Å². The van der Waals surface area contributed by atoms with Gasteiger partial charge in [0.05, 0.1) is 6.61 Å². The molecule has 0 aromatic carbocycles. The van der Waals surface area contributed by atoms with E-state index in [2.05, 4.69) is 15.5 Å². The van der Waals surface area contributed by atoms with Gasteiger partial charge in [-0.1, -0.05) is 5.16 Å². The number of hydrogen-bond donors (Lipinski definition) is 1. The lowest BCUT2D eigenvalue weighted by Crippen LogP contribution is -2.38. The highest BCUT2D eigenvalue weighted by molar-refractivity contribution is 7.99. The van der Waals surface area contributed by atoms with Gasteiger partial charge >= 0.3 is 0 Å². The van der Waals surface area contributed by atoms with Crippen LogP contribution < -0.4 is 5.32 Å². The van der Waals surface area contributed by atoms with Gasteiger partial charge in [-0.05, 0) is 0 Å². The van der Waals surface area contributed by atoms with Crippen LogP contribution in [-0.2, 0) is 17.6 Å². The minimum atomic E-state index is -2.43. The molecule has 0 radical (unpaired) electrons. The fraction of sp³-hybridized carbons (Fsp3) is 0.818. The number of ether oxygens (including phenoxy) is 1. The number of nitrogens with one attached hydrogen (secondary N) is 1. The summed E-state index contributed by atoms with van der Waals surface area (Å²) in [7, 11) is 0. The van der Waals surface area contributed by atoms with Gasteiger partial charge < -0.3 is 14.6 Å². The average Bonchev–Trinajstić information content (AvgIpc) is 2.83. The molecule has 1 fully saturated rings. The molecule has 0 saturated carbocycles. The Morgan fingerprint density at radius 1 is 1.53 bits per heavy atom. The number of halogens is 2. The van der Waals surface area contributed by atoms with Gasteiger partial charge in [-0.15, -0.1) is 0 Å². The molecule has 1 aliphatic heterocycles. The second kappa shape index (κ2) is 7.76. The first-order valence-electron chi connectivity index (χ1n) is 6.22. The summed E-state index contributed by atoms with van der Waals surface area (Å²) >= 11 is 1.91. The normalized spacial score (nSPS) is 20.1. The SMILES string of the molecule is FC(F)COCCc1noc(CC2CSCCN2)n1. The Morgan fingerprint density at radius 3 is 3.16 bits per heavy atom. The molecule has 2 rings (SSSR count). The van der Waals surface area contributed by atoms with E-state index in [0.29, 0.717) is 30.6 Å². The average molecular weight is 293 g/mol. The fourth-order valence-electron chi connectivity index (χ4n) is 1.77. The van der Waals surface area contributed by atoms with Gasteiger partial charge in [-0.25, -0.2) is 8.78 Å². The summed E-state index contributed by atoms with van der Waals surface area (Å²) in [6.07, 6.45) is -1.34. The molecule has 1 aromatic heterocycles. The molecular weight excluding hydrogens is 276 g/mol. The predicted molar refractivity (Wildman–Crippen MR) is 67.6 cm³/mol. The van der Waals surface area contributed by atoms with Crippen molar-refractivity contribution in [3.63, 3.8) is 0 Å². The summed E-state index contributed by atoms with van der Waals surface area (Å²) < 4.78 is 33.6. The summed E-state index contributed by atoms with van der Waals surface area (Å²) in [4.78, 5) is 4.23. The summed E-state index contributed by atoms with van der Waals surface area (Å²) in [6.45, 7) is 0.632. The van der Waals surface area contributed by atoms with Gasteiger partial charge in [-0.3, -0.25) is 0 Å². The van der Waals surface area contributed by atoms with Crippen LogP contribution in [-0.4, -0.2) is 53.9 Å². The molecule has 8 heteroatoms. The number of rotatable bonds is 7. The van der Waals surface area contributed by atoms with Gasteiger partial charge in [0.25, 0.3) is 6.43 Å². The third-order valence-electron chi connectivity index (χ3n) is 2.64. The Hall–Kier alpha value is -0.730. The van der Waals surface area contributed by atoms with Crippen molar-refractivity contribution in [2.75, 3.05) is 31.3 Å². The van der Waals surface area contributed by atoms with E-state index < -0.39 is 13.0 Å². The largest absolute Gasteiger partial charge is 0.375 e. The van der Waals surface area contributed by atoms with Gasteiger partial charge in [0, 0.05) is 36.9 Å². The Balaban J connectivity index is 1.69. The van der Waals surface area contributed by atoms with Crippen molar-refractivity contribution in [3.05, 3.63) is 11.7 Å². The molecule has 19 heavy (non-hydrogen) atoms. The molecule has 1 aromatic rings. The van der Waals surface area contributed by atoms with Crippen molar-refractivity contribution in [1.29, 1.82) is 0 Å². The van der Waals surface area contributed by atoms with E-state index in [1.807, 2.05) is 11.8 Å². The second-order valence-corrected chi connectivity index (χ2v) is 5.40.